The number of aliphatic carboxylic acids is 1. The Hall–Kier alpha value is -2.52. The third kappa shape index (κ3) is 4.36. The molecule has 0 aromatic carbocycles. The van der Waals surface area contributed by atoms with Crippen LogP contribution in [0.3, 0.4) is 0 Å². The van der Waals surface area contributed by atoms with Crippen LogP contribution in [0.5, 0.6) is 5.75 Å². The topological polar surface area (TPSA) is 124 Å². The first kappa shape index (κ1) is 18.3. The van der Waals surface area contributed by atoms with Gasteiger partial charge < -0.3 is 15.5 Å². The highest BCUT2D eigenvalue weighted by Gasteiger charge is 2.22. The summed E-state index contributed by atoms with van der Waals surface area (Å²) in [7, 11) is 0. The van der Waals surface area contributed by atoms with Gasteiger partial charge in [-0.1, -0.05) is 11.6 Å². The lowest BCUT2D eigenvalue weighted by Crippen LogP contribution is -2.44. The maximum absolute atomic E-state index is 10.9. The molecule has 138 valence electrons. The van der Waals surface area contributed by atoms with Crippen molar-refractivity contribution in [3.63, 3.8) is 0 Å². The molecule has 1 aliphatic rings. The van der Waals surface area contributed by atoms with Crippen LogP contribution in [0.25, 0.3) is 11.4 Å². The number of hydrogen-bond donors (Lipinski definition) is 3. The van der Waals surface area contributed by atoms with E-state index in [2.05, 4.69) is 25.5 Å². The van der Waals surface area contributed by atoms with E-state index in [0.717, 1.165) is 19.4 Å². The van der Waals surface area contributed by atoms with Crippen LogP contribution in [0.1, 0.15) is 18.5 Å². The average Bonchev–Trinajstić information content (AvgIpc) is 2.56. The number of aryl methyl sites for hydroxylation is 1. The molecule has 1 saturated heterocycles. The number of anilines is 1. The van der Waals surface area contributed by atoms with Gasteiger partial charge in [-0.05, 0) is 26.3 Å². The number of nitrogens with one attached hydrogen (secondary N) is 1. The fourth-order valence-corrected chi connectivity index (χ4v) is 3.14. The van der Waals surface area contributed by atoms with Crippen LogP contribution in [0, 0.1) is 6.92 Å². The molecule has 0 amide bonds. The van der Waals surface area contributed by atoms with Crippen molar-refractivity contribution >= 4 is 23.5 Å². The molecular formula is C16H19ClN6O3. The third-order valence-corrected chi connectivity index (χ3v) is 4.32. The van der Waals surface area contributed by atoms with Crippen molar-refractivity contribution in [3.05, 3.63) is 23.0 Å². The Morgan fingerprint density at radius 2 is 2.23 bits per heavy atom. The van der Waals surface area contributed by atoms with Gasteiger partial charge in [0.1, 0.15) is 17.1 Å². The normalized spacial score (nSPS) is 17.8. The predicted octanol–water partition coefficient (Wildman–Crippen LogP) is 1.56. The van der Waals surface area contributed by atoms with Crippen molar-refractivity contribution in [2.24, 2.45) is 0 Å². The Morgan fingerprint density at radius 1 is 1.42 bits per heavy atom. The number of nitrogens with zero attached hydrogens (tertiary/aromatic N) is 5. The SMILES string of the molecule is Cc1nc(NC2CCCN(CC(=O)O)C2)nnc1-c1ncc(Cl)cc1O. The third-order valence-electron chi connectivity index (χ3n) is 4.12. The number of hydrogen-bond acceptors (Lipinski definition) is 8. The van der Waals surface area contributed by atoms with E-state index in [9.17, 15) is 9.90 Å². The molecule has 1 unspecified atom stereocenters. The van der Waals surface area contributed by atoms with E-state index in [4.69, 9.17) is 16.7 Å². The molecule has 0 aliphatic carbocycles. The largest absolute Gasteiger partial charge is 0.506 e. The zero-order valence-corrected chi connectivity index (χ0v) is 14.9. The summed E-state index contributed by atoms with van der Waals surface area (Å²) in [4.78, 5) is 21.2. The van der Waals surface area contributed by atoms with Gasteiger partial charge in [0, 0.05) is 24.8 Å². The zero-order valence-electron chi connectivity index (χ0n) is 14.2. The number of halogens is 1. The number of carbonyl (C=O) groups is 1. The zero-order chi connectivity index (χ0) is 18.7. The predicted molar refractivity (Wildman–Crippen MR) is 95.2 cm³/mol. The van der Waals surface area contributed by atoms with Crippen LogP contribution in [0.4, 0.5) is 5.95 Å². The van der Waals surface area contributed by atoms with E-state index >= 15 is 0 Å². The molecule has 0 bridgehead atoms. The first-order valence-corrected chi connectivity index (χ1v) is 8.57. The minimum absolute atomic E-state index is 0.0246. The Morgan fingerprint density at radius 3 is 2.92 bits per heavy atom. The highest BCUT2D eigenvalue weighted by molar-refractivity contribution is 6.30. The van der Waals surface area contributed by atoms with Crippen molar-refractivity contribution in [2.45, 2.75) is 25.8 Å². The van der Waals surface area contributed by atoms with Gasteiger partial charge in [-0.25, -0.2) is 9.97 Å². The number of pyridine rings is 1. The average molecular weight is 379 g/mol. The standard InChI is InChI=1S/C16H19ClN6O3/c1-9-14(15-12(24)5-10(17)6-18-15)21-22-16(19-9)20-11-3-2-4-23(7-11)8-13(25)26/h5-6,11,24H,2-4,7-8H2,1H3,(H,25,26)(H,19,20,22). The summed E-state index contributed by atoms with van der Waals surface area (Å²) in [5, 5.41) is 30.6. The molecule has 3 rings (SSSR count). The van der Waals surface area contributed by atoms with Gasteiger partial charge in [-0.2, -0.15) is 0 Å². The van der Waals surface area contributed by atoms with Crippen molar-refractivity contribution in [1.82, 2.24) is 25.1 Å². The van der Waals surface area contributed by atoms with Crippen LogP contribution < -0.4 is 5.32 Å². The lowest BCUT2D eigenvalue weighted by molar-refractivity contribution is -0.138. The highest BCUT2D eigenvalue weighted by Crippen LogP contribution is 2.29. The van der Waals surface area contributed by atoms with Gasteiger partial charge in [-0.15, -0.1) is 10.2 Å². The molecule has 0 saturated carbocycles. The van der Waals surface area contributed by atoms with E-state index in [1.54, 1.807) is 6.92 Å². The first-order chi connectivity index (χ1) is 12.4. The smallest absolute Gasteiger partial charge is 0.317 e. The van der Waals surface area contributed by atoms with Crippen LogP contribution >= 0.6 is 11.6 Å². The molecule has 1 atom stereocenters. The van der Waals surface area contributed by atoms with Crippen LogP contribution in [-0.4, -0.2) is 66.9 Å². The Kier molecular flexibility index (Phi) is 5.48. The molecule has 2 aromatic rings. The van der Waals surface area contributed by atoms with Gasteiger partial charge in [-0.3, -0.25) is 9.69 Å². The summed E-state index contributed by atoms with van der Waals surface area (Å²) < 4.78 is 0. The molecule has 3 N–H and O–H groups in total. The molecule has 1 aliphatic heterocycles. The summed E-state index contributed by atoms with van der Waals surface area (Å²) in [5.41, 5.74) is 1.20. The second kappa shape index (κ2) is 7.79. The molecule has 2 aromatic heterocycles. The maximum atomic E-state index is 10.9. The summed E-state index contributed by atoms with van der Waals surface area (Å²) in [6.07, 6.45) is 3.22. The Bertz CT molecular complexity index is 819. The van der Waals surface area contributed by atoms with Gasteiger partial charge in [0.05, 0.1) is 17.3 Å². The molecular weight excluding hydrogens is 360 g/mol. The number of likely N-dealkylation sites (tertiary alicyclic amines) is 1. The van der Waals surface area contributed by atoms with Crippen molar-refractivity contribution < 1.29 is 15.0 Å². The van der Waals surface area contributed by atoms with Crippen molar-refractivity contribution in [2.75, 3.05) is 25.0 Å². The molecule has 3 heterocycles. The van der Waals surface area contributed by atoms with E-state index in [-0.39, 0.29) is 24.0 Å². The first-order valence-electron chi connectivity index (χ1n) is 8.19. The minimum atomic E-state index is -0.834. The number of aromatic nitrogens is 4. The molecule has 26 heavy (non-hydrogen) atoms. The summed E-state index contributed by atoms with van der Waals surface area (Å²) in [5.74, 6) is -0.560. The quantitative estimate of drug-likeness (QED) is 0.710. The summed E-state index contributed by atoms with van der Waals surface area (Å²) in [6.45, 7) is 3.15. The lowest BCUT2D eigenvalue weighted by atomic mass is 10.1. The minimum Gasteiger partial charge on any atom is -0.506 e. The van der Waals surface area contributed by atoms with E-state index < -0.39 is 5.97 Å². The van der Waals surface area contributed by atoms with E-state index in [1.165, 1.54) is 12.3 Å². The Labute approximate surface area is 155 Å². The van der Waals surface area contributed by atoms with E-state index in [0.29, 0.717) is 28.9 Å². The Balaban J connectivity index is 1.72. The number of rotatable bonds is 5. The summed E-state index contributed by atoms with van der Waals surface area (Å²) >= 11 is 5.80. The van der Waals surface area contributed by atoms with Gasteiger partial charge in [0.2, 0.25) is 5.95 Å². The van der Waals surface area contributed by atoms with Crippen LogP contribution in [-0.2, 0) is 4.79 Å². The maximum Gasteiger partial charge on any atom is 0.317 e. The summed E-state index contributed by atoms with van der Waals surface area (Å²) in [6, 6.07) is 1.44. The molecule has 1 fully saturated rings. The fourth-order valence-electron chi connectivity index (χ4n) is 2.99. The van der Waals surface area contributed by atoms with Gasteiger partial charge >= 0.3 is 5.97 Å². The molecule has 10 heteroatoms. The van der Waals surface area contributed by atoms with E-state index in [1.807, 2.05) is 4.90 Å². The highest BCUT2D eigenvalue weighted by atomic mass is 35.5. The monoisotopic (exact) mass is 378 g/mol. The van der Waals surface area contributed by atoms with Crippen LogP contribution in [0.2, 0.25) is 5.02 Å². The van der Waals surface area contributed by atoms with Gasteiger partial charge in [0.25, 0.3) is 0 Å². The van der Waals surface area contributed by atoms with Gasteiger partial charge in [0.15, 0.2) is 0 Å². The molecule has 9 nitrogen and oxygen atoms in total. The number of carboxylic acids is 1. The number of piperidine rings is 1. The second-order valence-corrected chi connectivity index (χ2v) is 6.64. The number of aromatic hydroxyl groups is 1. The fraction of sp³-hybridized carbons (Fsp3) is 0.438. The number of carboxylic acid groups (broad SMARTS) is 1. The lowest BCUT2D eigenvalue weighted by Gasteiger charge is -2.31. The molecule has 0 radical (unpaired) electrons. The molecule has 0 spiro atoms. The van der Waals surface area contributed by atoms with Crippen molar-refractivity contribution in [3.8, 4) is 17.1 Å². The van der Waals surface area contributed by atoms with Crippen LogP contribution in [0.15, 0.2) is 12.3 Å². The second-order valence-electron chi connectivity index (χ2n) is 6.20. The van der Waals surface area contributed by atoms with Crippen molar-refractivity contribution in [1.29, 1.82) is 0 Å².